The quantitative estimate of drug-likeness (QED) is 0.717. The van der Waals surface area contributed by atoms with Crippen LogP contribution in [-0.4, -0.2) is 30.1 Å². The Labute approximate surface area is 158 Å². The number of nitrogens with zero attached hydrogens (tertiary/aromatic N) is 2. The monoisotopic (exact) mass is 374 g/mol. The summed E-state index contributed by atoms with van der Waals surface area (Å²) < 4.78 is 28.8. The standard InChI is InChI=1S/C21H30N2O2S/c1-6-7-20-22-21(4,5)18-13-10-16(3)14-19(18)23(20)26(24,25)17-11-8-15(2)9-12-17/h8-9,11-12,14,18-19H,6-7,10,13H2,1-5H3/t18-,19+/m1/s1. The Morgan fingerprint density at radius 1 is 1.19 bits per heavy atom. The fourth-order valence-electron chi connectivity index (χ4n) is 4.20. The molecule has 0 unspecified atom stereocenters. The van der Waals surface area contributed by atoms with Crippen LogP contribution in [0.4, 0.5) is 0 Å². The Hall–Kier alpha value is -1.62. The van der Waals surface area contributed by atoms with Gasteiger partial charge >= 0.3 is 0 Å². The summed E-state index contributed by atoms with van der Waals surface area (Å²) in [6, 6.07) is 6.99. The van der Waals surface area contributed by atoms with Gasteiger partial charge in [0.05, 0.1) is 16.5 Å². The molecule has 1 aliphatic heterocycles. The average molecular weight is 375 g/mol. The maximum absolute atomic E-state index is 13.6. The van der Waals surface area contributed by atoms with Gasteiger partial charge in [0.25, 0.3) is 10.0 Å². The fraction of sp³-hybridized carbons (Fsp3) is 0.571. The molecule has 0 radical (unpaired) electrons. The van der Waals surface area contributed by atoms with Crippen LogP contribution in [0.25, 0.3) is 0 Å². The van der Waals surface area contributed by atoms with Crippen LogP contribution in [0.1, 0.15) is 58.9 Å². The molecule has 0 fully saturated rings. The van der Waals surface area contributed by atoms with Crippen LogP contribution in [0.5, 0.6) is 0 Å². The molecule has 4 nitrogen and oxygen atoms in total. The van der Waals surface area contributed by atoms with Crippen LogP contribution in [0.2, 0.25) is 0 Å². The lowest BCUT2D eigenvalue weighted by atomic mass is 9.73. The highest BCUT2D eigenvalue weighted by Gasteiger charge is 2.48. The van der Waals surface area contributed by atoms with Gasteiger partial charge in [0.2, 0.25) is 0 Å². The van der Waals surface area contributed by atoms with Crippen molar-refractivity contribution in [2.75, 3.05) is 0 Å². The van der Waals surface area contributed by atoms with E-state index in [1.165, 1.54) is 5.57 Å². The van der Waals surface area contributed by atoms with E-state index in [1.807, 2.05) is 19.1 Å². The lowest BCUT2D eigenvalue weighted by Crippen LogP contribution is -2.57. The summed E-state index contributed by atoms with van der Waals surface area (Å²) in [6.07, 6.45) is 5.69. The molecule has 2 atom stereocenters. The van der Waals surface area contributed by atoms with Crippen LogP contribution >= 0.6 is 0 Å². The van der Waals surface area contributed by atoms with Gasteiger partial charge in [0.1, 0.15) is 5.84 Å². The molecular weight excluding hydrogens is 344 g/mol. The minimum absolute atomic E-state index is 0.149. The first-order chi connectivity index (χ1) is 12.2. The second-order valence-electron chi connectivity index (χ2n) is 8.19. The highest BCUT2D eigenvalue weighted by molar-refractivity contribution is 7.89. The Kier molecular flexibility index (Phi) is 5.04. The molecule has 1 aromatic rings. The Morgan fingerprint density at radius 2 is 1.85 bits per heavy atom. The normalized spacial score (nSPS) is 25.3. The summed E-state index contributed by atoms with van der Waals surface area (Å²) in [6.45, 7) is 10.4. The van der Waals surface area contributed by atoms with Gasteiger partial charge < -0.3 is 0 Å². The molecule has 5 heteroatoms. The number of rotatable bonds is 4. The molecule has 0 N–H and O–H groups in total. The van der Waals surface area contributed by atoms with Crippen molar-refractivity contribution in [2.24, 2.45) is 10.9 Å². The van der Waals surface area contributed by atoms with Crippen LogP contribution < -0.4 is 0 Å². The van der Waals surface area contributed by atoms with Gasteiger partial charge in [-0.3, -0.25) is 4.99 Å². The number of hydrogen-bond acceptors (Lipinski definition) is 3. The summed E-state index contributed by atoms with van der Waals surface area (Å²) in [7, 11) is -3.64. The van der Waals surface area contributed by atoms with E-state index in [0.717, 1.165) is 24.8 Å². The summed E-state index contributed by atoms with van der Waals surface area (Å²) in [5.74, 6) is 0.900. The minimum atomic E-state index is -3.64. The van der Waals surface area contributed by atoms with Crippen molar-refractivity contribution in [1.82, 2.24) is 4.31 Å². The minimum Gasteiger partial charge on any atom is -0.265 e. The number of fused-ring (bicyclic) bond motifs is 1. The van der Waals surface area contributed by atoms with E-state index in [1.54, 1.807) is 16.4 Å². The van der Waals surface area contributed by atoms with Crippen molar-refractivity contribution in [2.45, 2.75) is 76.8 Å². The number of benzene rings is 1. The van der Waals surface area contributed by atoms with E-state index in [2.05, 4.69) is 33.8 Å². The maximum atomic E-state index is 13.6. The van der Waals surface area contributed by atoms with E-state index in [-0.39, 0.29) is 17.5 Å². The lowest BCUT2D eigenvalue weighted by molar-refractivity contribution is 0.196. The SMILES string of the molecule is CCCC1=NC(C)(C)[C@@H]2CCC(C)=C[C@@H]2N1S(=O)(=O)c1ccc(C)cc1. The van der Waals surface area contributed by atoms with Crippen molar-refractivity contribution in [3.63, 3.8) is 0 Å². The summed E-state index contributed by atoms with van der Waals surface area (Å²) in [5, 5.41) is 0. The van der Waals surface area contributed by atoms with Crippen molar-refractivity contribution in [1.29, 1.82) is 0 Å². The molecule has 0 spiro atoms. The third-order valence-corrected chi connectivity index (χ3v) is 7.46. The molecule has 2 aliphatic rings. The maximum Gasteiger partial charge on any atom is 0.265 e. The molecule has 0 amide bonds. The number of aryl methyl sites for hydroxylation is 1. The molecule has 0 aromatic heterocycles. The molecule has 26 heavy (non-hydrogen) atoms. The van der Waals surface area contributed by atoms with Gasteiger partial charge in [-0.05, 0) is 59.1 Å². The van der Waals surface area contributed by atoms with Crippen LogP contribution in [0.15, 0.2) is 45.8 Å². The number of hydrogen-bond donors (Lipinski definition) is 0. The van der Waals surface area contributed by atoms with E-state index in [0.29, 0.717) is 17.2 Å². The third-order valence-electron chi connectivity index (χ3n) is 5.62. The molecule has 142 valence electrons. The Morgan fingerprint density at radius 3 is 2.46 bits per heavy atom. The number of allylic oxidation sites excluding steroid dienone is 1. The van der Waals surface area contributed by atoms with Gasteiger partial charge in [0.15, 0.2) is 0 Å². The first-order valence-electron chi connectivity index (χ1n) is 9.54. The smallest absolute Gasteiger partial charge is 0.265 e. The van der Waals surface area contributed by atoms with Crippen molar-refractivity contribution in [3.05, 3.63) is 41.5 Å². The molecule has 1 aliphatic carbocycles. The number of aliphatic imine (C=N–C) groups is 1. The van der Waals surface area contributed by atoms with E-state index < -0.39 is 10.0 Å². The van der Waals surface area contributed by atoms with Crippen molar-refractivity contribution < 1.29 is 8.42 Å². The average Bonchev–Trinajstić information content (AvgIpc) is 2.54. The van der Waals surface area contributed by atoms with Crippen molar-refractivity contribution >= 4 is 15.9 Å². The molecule has 1 heterocycles. The lowest BCUT2D eigenvalue weighted by Gasteiger charge is -2.49. The summed E-state index contributed by atoms with van der Waals surface area (Å²) in [4.78, 5) is 5.29. The van der Waals surface area contributed by atoms with Crippen LogP contribution in [0.3, 0.4) is 0 Å². The van der Waals surface area contributed by atoms with Gasteiger partial charge in [-0.25, -0.2) is 12.7 Å². The summed E-state index contributed by atoms with van der Waals surface area (Å²) in [5.41, 5.74) is 2.08. The van der Waals surface area contributed by atoms with Gasteiger partial charge in [0, 0.05) is 12.3 Å². The highest BCUT2D eigenvalue weighted by atomic mass is 32.2. The molecular formula is C21H30N2O2S. The molecule has 0 saturated heterocycles. The molecule has 0 saturated carbocycles. The second-order valence-corrected chi connectivity index (χ2v) is 10.0. The summed E-state index contributed by atoms with van der Waals surface area (Å²) >= 11 is 0. The zero-order valence-corrected chi connectivity index (χ0v) is 17.3. The first-order valence-corrected chi connectivity index (χ1v) is 11.0. The predicted octanol–water partition coefficient (Wildman–Crippen LogP) is 4.70. The molecule has 1 aromatic carbocycles. The highest BCUT2D eigenvalue weighted by Crippen LogP contribution is 2.42. The topological polar surface area (TPSA) is 49.7 Å². The largest absolute Gasteiger partial charge is 0.265 e. The Bertz CT molecular complexity index is 835. The fourth-order valence-corrected chi connectivity index (χ4v) is 5.84. The third kappa shape index (κ3) is 3.34. The zero-order chi connectivity index (χ0) is 19.1. The predicted molar refractivity (Wildman–Crippen MR) is 107 cm³/mol. The van der Waals surface area contributed by atoms with Crippen LogP contribution in [-0.2, 0) is 10.0 Å². The second kappa shape index (κ2) is 6.84. The number of amidine groups is 1. The Balaban J connectivity index is 2.17. The van der Waals surface area contributed by atoms with E-state index in [9.17, 15) is 8.42 Å². The molecule has 3 rings (SSSR count). The number of sulfonamides is 1. The van der Waals surface area contributed by atoms with E-state index in [4.69, 9.17) is 4.99 Å². The van der Waals surface area contributed by atoms with E-state index >= 15 is 0 Å². The zero-order valence-electron chi connectivity index (χ0n) is 16.5. The first kappa shape index (κ1) is 19.2. The van der Waals surface area contributed by atoms with Gasteiger partial charge in [-0.15, -0.1) is 0 Å². The van der Waals surface area contributed by atoms with Gasteiger partial charge in [-0.1, -0.05) is 36.3 Å². The van der Waals surface area contributed by atoms with Crippen molar-refractivity contribution in [3.8, 4) is 0 Å². The van der Waals surface area contributed by atoms with Gasteiger partial charge in [-0.2, -0.15) is 0 Å². The molecule has 0 bridgehead atoms. The van der Waals surface area contributed by atoms with Crippen LogP contribution in [0, 0.1) is 12.8 Å².